The lowest BCUT2D eigenvalue weighted by Crippen LogP contribution is -2.52. The largest absolute Gasteiger partial charge is 0.480 e. The van der Waals surface area contributed by atoms with Gasteiger partial charge in [-0.1, -0.05) is 13.8 Å². The molecule has 0 radical (unpaired) electrons. The smallest absolute Gasteiger partial charge is 0.327 e. The van der Waals surface area contributed by atoms with Gasteiger partial charge in [-0.3, -0.25) is 4.90 Å². The van der Waals surface area contributed by atoms with E-state index in [9.17, 15) is 14.7 Å². The molecule has 20 heavy (non-hydrogen) atoms. The maximum atomic E-state index is 12.3. The number of aliphatic carboxylic acids is 1. The van der Waals surface area contributed by atoms with Crippen molar-refractivity contribution in [2.45, 2.75) is 31.7 Å². The maximum Gasteiger partial charge on any atom is 0.327 e. The van der Waals surface area contributed by atoms with Crippen LogP contribution < -0.4 is 5.32 Å². The topological polar surface area (TPSA) is 78.9 Å². The van der Waals surface area contributed by atoms with E-state index in [1.807, 2.05) is 13.8 Å². The molecule has 2 rings (SSSR count). The van der Waals surface area contributed by atoms with Crippen molar-refractivity contribution in [2.24, 2.45) is 11.8 Å². The number of carboxylic acid groups (broad SMARTS) is 1. The summed E-state index contributed by atoms with van der Waals surface area (Å²) in [4.78, 5) is 25.1. The van der Waals surface area contributed by atoms with Crippen molar-refractivity contribution in [1.82, 2.24) is 10.2 Å². The number of carbonyl (C=O) groups is 2. The minimum atomic E-state index is -0.931. The molecule has 0 aromatic rings. The van der Waals surface area contributed by atoms with Crippen LogP contribution >= 0.6 is 11.8 Å². The number of thioether (sulfide) groups is 1. The summed E-state index contributed by atoms with van der Waals surface area (Å²) in [6, 6.07) is -1.000. The average molecular weight is 302 g/mol. The zero-order valence-electron chi connectivity index (χ0n) is 11.9. The molecule has 0 spiro atoms. The number of hydrogen-bond donors (Lipinski definition) is 2. The van der Waals surface area contributed by atoms with Gasteiger partial charge in [0.1, 0.15) is 6.04 Å². The number of urea groups is 1. The Hall–Kier alpha value is -0.950. The molecule has 0 bridgehead atoms. The van der Waals surface area contributed by atoms with Gasteiger partial charge in [0, 0.05) is 24.8 Å². The number of nitrogens with one attached hydrogen (secondary N) is 1. The van der Waals surface area contributed by atoms with Crippen LogP contribution in [0.4, 0.5) is 4.79 Å². The van der Waals surface area contributed by atoms with Gasteiger partial charge in [-0.2, -0.15) is 0 Å². The molecule has 7 heteroatoms. The molecule has 2 fully saturated rings. The Morgan fingerprint density at radius 3 is 2.80 bits per heavy atom. The Bertz CT molecular complexity index is 371. The molecule has 2 aliphatic rings. The lowest BCUT2D eigenvalue weighted by atomic mass is 10.1. The van der Waals surface area contributed by atoms with Gasteiger partial charge in [0.15, 0.2) is 0 Å². The van der Waals surface area contributed by atoms with E-state index in [4.69, 9.17) is 4.74 Å². The van der Waals surface area contributed by atoms with Gasteiger partial charge in [-0.15, -0.1) is 11.8 Å². The molecule has 2 saturated heterocycles. The molecular weight excluding hydrogens is 280 g/mol. The van der Waals surface area contributed by atoms with Crippen molar-refractivity contribution in [3.63, 3.8) is 0 Å². The normalized spacial score (nSPS) is 29.9. The molecule has 6 nitrogen and oxygen atoms in total. The molecule has 0 aliphatic carbocycles. The molecule has 2 amide bonds. The maximum absolute atomic E-state index is 12.3. The highest BCUT2D eigenvalue weighted by Gasteiger charge is 2.42. The Morgan fingerprint density at radius 2 is 2.25 bits per heavy atom. The van der Waals surface area contributed by atoms with Crippen LogP contribution in [0.2, 0.25) is 0 Å². The number of ether oxygens (including phenoxy) is 1. The molecule has 2 heterocycles. The monoisotopic (exact) mass is 302 g/mol. The summed E-state index contributed by atoms with van der Waals surface area (Å²) in [5, 5.41) is 12.1. The highest BCUT2D eigenvalue weighted by Crippen LogP contribution is 2.34. The van der Waals surface area contributed by atoms with Gasteiger partial charge in [-0.25, -0.2) is 9.59 Å². The summed E-state index contributed by atoms with van der Waals surface area (Å²) in [7, 11) is 0. The van der Waals surface area contributed by atoms with Crippen LogP contribution in [0.5, 0.6) is 0 Å². The van der Waals surface area contributed by atoms with E-state index in [0.717, 1.165) is 13.0 Å². The van der Waals surface area contributed by atoms with Crippen LogP contribution in [-0.2, 0) is 9.53 Å². The third-order valence-electron chi connectivity index (χ3n) is 3.69. The van der Waals surface area contributed by atoms with Crippen molar-refractivity contribution < 1.29 is 19.4 Å². The summed E-state index contributed by atoms with van der Waals surface area (Å²) >= 11 is 1.54. The molecule has 3 unspecified atom stereocenters. The summed E-state index contributed by atoms with van der Waals surface area (Å²) in [6.45, 7) is 5.98. The number of rotatable bonds is 4. The molecule has 2 N–H and O–H groups in total. The Kier molecular flexibility index (Phi) is 5.15. The number of amides is 2. The zero-order chi connectivity index (χ0) is 14.7. The van der Waals surface area contributed by atoms with E-state index >= 15 is 0 Å². The second-order valence-electron chi connectivity index (χ2n) is 5.64. The first-order valence-corrected chi connectivity index (χ1v) is 8.04. The minimum Gasteiger partial charge on any atom is -0.480 e. The van der Waals surface area contributed by atoms with Crippen LogP contribution in [-0.4, -0.2) is 58.9 Å². The van der Waals surface area contributed by atoms with E-state index in [1.165, 1.54) is 4.90 Å². The third-order valence-corrected chi connectivity index (χ3v) is 5.31. The highest BCUT2D eigenvalue weighted by atomic mass is 32.2. The lowest BCUT2D eigenvalue weighted by molar-refractivity contribution is -0.141. The summed E-state index contributed by atoms with van der Waals surface area (Å²) in [5.41, 5.74) is 0. The van der Waals surface area contributed by atoms with Gasteiger partial charge in [0.05, 0.1) is 12.0 Å². The van der Waals surface area contributed by atoms with E-state index in [-0.39, 0.29) is 17.3 Å². The number of carboxylic acids is 1. The van der Waals surface area contributed by atoms with Crippen LogP contribution in [0, 0.1) is 11.8 Å². The van der Waals surface area contributed by atoms with Crippen LogP contribution in [0.3, 0.4) is 0 Å². The molecule has 3 atom stereocenters. The fourth-order valence-corrected chi connectivity index (χ4v) is 4.03. The van der Waals surface area contributed by atoms with Crippen molar-refractivity contribution >= 4 is 23.8 Å². The van der Waals surface area contributed by atoms with E-state index in [2.05, 4.69) is 5.32 Å². The van der Waals surface area contributed by atoms with Gasteiger partial charge >= 0.3 is 12.0 Å². The Labute approximate surface area is 123 Å². The first-order chi connectivity index (χ1) is 9.50. The SMILES string of the molecule is CC(C)C1SCC(C(=O)O)N1C(=O)NCC1CCOC1. The molecule has 0 saturated carbocycles. The van der Waals surface area contributed by atoms with Gasteiger partial charge in [-0.05, 0) is 12.3 Å². The van der Waals surface area contributed by atoms with Crippen molar-refractivity contribution in [2.75, 3.05) is 25.5 Å². The second kappa shape index (κ2) is 6.67. The van der Waals surface area contributed by atoms with Gasteiger partial charge in [0.2, 0.25) is 0 Å². The first-order valence-electron chi connectivity index (χ1n) is 6.99. The zero-order valence-corrected chi connectivity index (χ0v) is 12.7. The molecule has 0 aromatic carbocycles. The Morgan fingerprint density at radius 1 is 1.50 bits per heavy atom. The van der Waals surface area contributed by atoms with Crippen LogP contribution in [0.15, 0.2) is 0 Å². The Balaban J connectivity index is 1.96. The van der Waals surface area contributed by atoms with Crippen molar-refractivity contribution in [3.05, 3.63) is 0 Å². The number of nitrogens with zero attached hydrogens (tertiary/aromatic N) is 1. The quantitative estimate of drug-likeness (QED) is 0.816. The van der Waals surface area contributed by atoms with Crippen LogP contribution in [0.1, 0.15) is 20.3 Å². The highest BCUT2D eigenvalue weighted by molar-refractivity contribution is 8.00. The van der Waals surface area contributed by atoms with Gasteiger partial charge < -0.3 is 15.2 Å². The molecule has 0 aromatic heterocycles. The van der Waals surface area contributed by atoms with E-state index < -0.39 is 12.0 Å². The lowest BCUT2D eigenvalue weighted by Gasteiger charge is -2.30. The third kappa shape index (κ3) is 3.38. The van der Waals surface area contributed by atoms with Gasteiger partial charge in [0.25, 0.3) is 0 Å². The summed E-state index contributed by atoms with van der Waals surface area (Å²) in [5.74, 6) is 0.0953. The average Bonchev–Trinajstić information content (AvgIpc) is 3.04. The predicted octanol–water partition coefficient (Wildman–Crippen LogP) is 1.22. The predicted molar refractivity (Wildman–Crippen MR) is 76.7 cm³/mol. The first kappa shape index (κ1) is 15.4. The fourth-order valence-electron chi connectivity index (χ4n) is 2.56. The summed E-state index contributed by atoms with van der Waals surface area (Å²) < 4.78 is 5.27. The molecule has 2 aliphatic heterocycles. The molecule has 114 valence electrons. The summed E-state index contributed by atoms with van der Waals surface area (Å²) in [6.07, 6.45) is 0.949. The van der Waals surface area contributed by atoms with Crippen LogP contribution in [0.25, 0.3) is 0 Å². The minimum absolute atomic E-state index is 0.0732. The molecular formula is C13H22N2O4S. The second-order valence-corrected chi connectivity index (χ2v) is 6.79. The number of hydrogen-bond acceptors (Lipinski definition) is 4. The fraction of sp³-hybridized carbons (Fsp3) is 0.846. The van der Waals surface area contributed by atoms with Crippen molar-refractivity contribution in [1.29, 1.82) is 0 Å². The standard InChI is InChI=1S/C13H22N2O4S/c1-8(2)11-15(10(7-20-11)12(16)17)13(18)14-5-9-3-4-19-6-9/h8-11H,3-7H2,1-2H3,(H,14,18)(H,16,17). The number of carbonyl (C=O) groups excluding carboxylic acids is 1. The van der Waals surface area contributed by atoms with Crippen molar-refractivity contribution in [3.8, 4) is 0 Å². The van der Waals surface area contributed by atoms with E-state index in [0.29, 0.717) is 24.8 Å². The van der Waals surface area contributed by atoms with E-state index in [1.54, 1.807) is 11.8 Å².